The van der Waals surface area contributed by atoms with Crippen LogP contribution >= 0.6 is 0 Å². The Hall–Kier alpha value is -1.66. The number of nitrogens with zero attached hydrogens (tertiary/aromatic N) is 4. The number of hydrogen-bond donors (Lipinski definition) is 2. The molecule has 7 heteroatoms. The number of nitrogens with two attached hydrogens (primary N) is 1. The monoisotopic (exact) mass is 212 g/mol. The van der Waals surface area contributed by atoms with E-state index in [1.54, 1.807) is 0 Å². The Balaban J connectivity index is 2.31. The van der Waals surface area contributed by atoms with Crippen LogP contribution in [0.3, 0.4) is 0 Å². The van der Waals surface area contributed by atoms with E-state index >= 15 is 0 Å². The number of nitrogen functional groups attached to an aromatic ring is 1. The summed E-state index contributed by atoms with van der Waals surface area (Å²) >= 11 is 0. The van der Waals surface area contributed by atoms with Gasteiger partial charge in [0.05, 0.1) is 6.54 Å². The van der Waals surface area contributed by atoms with Crippen LogP contribution in [0.1, 0.15) is 26.7 Å². The highest BCUT2D eigenvalue weighted by Gasteiger charge is 2.07. The van der Waals surface area contributed by atoms with Gasteiger partial charge in [-0.25, -0.2) is 4.68 Å². The fourth-order valence-corrected chi connectivity index (χ4v) is 1.03. The minimum atomic E-state index is -0.0146. The van der Waals surface area contributed by atoms with E-state index in [9.17, 15) is 4.79 Å². The Morgan fingerprint density at radius 3 is 2.93 bits per heavy atom. The summed E-state index contributed by atoms with van der Waals surface area (Å²) in [5, 5.41) is 13.4. The van der Waals surface area contributed by atoms with Gasteiger partial charge in [0.15, 0.2) is 0 Å². The Morgan fingerprint density at radius 2 is 2.40 bits per heavy atom. The Labute approximate surface area is 88.0 Å². The predicted molar refractivity (Wildman–Crippen MR) is 54.7 cm³/mol. The quantitative estimate of drug-likeness (QED) is 0.689. The maximum atomic E-state index is 11.4. The van der Waals surface area contributed by atoms with Gasteiger partial charge in [0.2, 0.25) is 11.9 Å². The number of carbonyl (C=O) groups is 1. The van der Waals surface area contributed by atoms with E-state index in [0.717, 1.165) is 6.42 Å². The first-order valence-corrected chi connectivity index (χ1v) is 4.94. The van der Waals surface area contributed by atoms with E-state index < -0.39 is 0 Å². The van der Waals surface area contributed by atoms with Crippen LogP contribution < -0.4 is 11.1 Å². The van der Waals surface area contributed by atoms with Crippen molar-refractivity contribution < 1.29 is 4.79 Å². The maximum Gasteiger partial charge on any atom is 0.240 e. The number of rotatable bonds is 5. The molecule has 0 fully saturated rings. The summed E-state index contributed by atoms with van der Waals surface area (Å²) < 4.78 is 1.40. The van der Waals surface area contributed by atoms with E-state index in [4.69, 9.17) is 5.73 Å². The van der Waals surface area contributed by atoms with Crippen molar-refractivity contribution in [3.63, 3.8) is 0 Å². The van der Waals surface area contributed by atoms with Crippen LogP contribution in [0, 0.1) is 0 Å². The Bertz CT molecular complexity index is 323. The van der Waals surface area contributed by atoms with Gasteiger partial charge in [-0.1, -0.05) is 12.0 Å². The molecule has 7 nitrogen and oxygen atoms in total. The molecule has 1 aromatic heterocycles. The zero-order chi connectivity index (χ0) is 11.3. The highest BCUT2D eigenvalue weighted by molar-refractivity contribution is 5.76. The van der Waals surface area contributed by atoms with E-state index in [1.165, 1.54) is 4.68 Å². The lowest BCUT2D eigenvalue weighted by atomic mass is 10.2. The molecule has 1 aromatic rings. The molecule has 0 bridgehead atoms. The summed E-state index contributed by atoms with van der Waals surface area (Å²) in [4.78, 5) is 11.4. The molecule has 0 aliphatic rings. The van der Waals surface area contributed by atoms with Gasteiger partial charge >= 0.3 is 0 Å². The molecule has 15 heavy (non-hydrogen) atoms. The van der Waals surface area contributed by atoms with Gasteiger partial charge in [-0.05, 0) is 23.8 Å². The first-order valence-electron chi connectivity index (χ1n) is 4.94. The topological polar surface area (TPSA) is 98.7 Å². The van der Waals surface area contributed by atoms with Crippen LogP contribution in [0.25, 0.3) is 0 Å². The van der Waals surface area contributed by atoms with Crippen molar-refractivity contribution in [2.45, 2.75) is 39.3 Å². The van der Waals surface area contributed by atoms with Crippen molar-refractivity contribution in [3.05, 3.63) is 0 Å². The average Bonchev–Trinajstić information content (AvgIpc) is 2.61. The second-order valence-electron chi connectivity index (χ2n) is 3.39. The minimum Gasteiger partial charge on any atom is -0.367 e. The number of amides is 1. The largest absolute Gasteiger partial charge is 0.367 e. The van der Waals surface area contributed by atoms with Crippen molar-refractivity contribution in [3.8, 4) is 0 Å². The number of aromatic nitrogens is 4. The molecule has 1 unspecified atom stereocenters. The average molecular weight is 212 g/mol. The summed E-state index contributed by atoms with van der Waals surface area (Å²) in [6.07, 6.45) is 1.25. The van der Waals surface area contributed by atoms with Crippen molar-refractivity contribution in [1.29, 1.82) is 0 Å². The molecule has 1 heterocycles. The molecule has 0 radical (unpaired) electrons. The van der Waals surface area contributed by atoms with Crippen LogP contribution in [-0.4, -0.2) is 32.2 Å². The Morgan fingerprint density at radius 1 is 1.67 bits per heavy atom. The molecule has 0 saturated carbocycles. The molecular weight excluding hydrogens is 196 g/mol. The standard InChI is InChI=1S/C8H16N6O/c1-3-6(2)10-7(15)4-5-14-8(9)11-12-13-14/h6H,3-5H2,1-2H3,(H,10,15)(H2,9,11,13). The van der Waals surface area contributed by atoms with Crippen molar-refractivity contribution in [1.82, 2.24) is 25.5 Å². The second-order valence-corrected chi connectivity index (χ2v) is 3.39. The van der Waals surface area contributed by atoms with Crippen LogP contribution in [0.15, 0.2) is 0 Å². The fraction of sp³-hybridized carbons (Fsp3) is 0.750. The minimum absolute atomic E-state index is 0.0146. The van der Waals surface area contributed by atoms with Gasteiger partial charge in [-0.15, -0.1) is 0 Å². The van der Waals surface area contributed by atoms with Gasteiger partial charge in [0, 0.05) is 12.5 Å². The first-order chi connectivity index (χ1) is 7.13. The third-order valence-corrected chi connectivity index (χ3v) is 2.13. The third-order valence-electron chi connectivity index (χ3n) is 2.13. The van der Waals surface area contributed by atoms with Crippen LogP contribution in [0.5, 0.6) is 0 Å². The number of anilines is 1. The molecule has 0 aliphatic carbocycles. The van der Waals surface area contributed by atoms with E-state index in [2.05, 4.69) is 20.8 Å². The lowest BCUT2D eigenvalue weighted by molar-refractivity contribution is -0.121. The molecule has 0 spiro atoms. The molecule has 0 aliphatic heterocycles. The lowest BCUT2D eigenvalue weighted by Gasteiger charge is -2.10. The maximum absolute atomic E-state index is 11.4. The number of nitrogens with one attached hydrogen (secondary N) is 1. The summed E-state index contributed by atoms with van der Waals surface area (Å²) in [5.74, 6) is 0.214. The van der Waals surface area contributed by atoms with Crippen LogP contribution in [-0.2, 0) is 11.3 Å². The summed E-state index contributed by atoms with van der Waals surface area (Å²) in [5.41, 5.74) is 5.45. The van der Waals surface area contributed by atoms with Crippen LogP contribution in [0.2, 0.25) is 0 Å². The number of carbonyl (C=O) groups excluding carboxylic acids is 1. The van der Waals surface area contributed by atoms with E-state index in [0.29, 0.717) is 13.0 Å². The van der Waals surface area contributed by atoms with Crippen LogP contribution in [0.4, 0.5) is 5.95 Å². The predicted octanol–water partition coefficient (Wildman–Crippen LogP) is -0.440. The van der Waals surface area contributed by atoms with Crippen molar-refractivity contribution >= 4 is 11.9 Å². The Kier molecular flexibility index (Phi) is 4.02. The highest BCUT2D eigenvalue weighted by atomic mass is 16.1. The first kappa shape index (κ1) is 11.4. The number of aryl methyl sites for hydroxylation is 1. The van der Waals surface area contributed by atoms with Gasteiger partial charge in [-0.2, -0.15) is 0 Å². The molecule has 1 amide bonds. The van der Waals surface area contributed by atoms with E-state index in [-0.39, 0.29) is 17.9 Å². The number of hydrogen-bond acceptors (Lipinski definition) is 5. The zero-order valence-electron chi connectivity index (χ0n) is 8.97. The summed E-state index contributed by atoms with van der Waals surface area (Å²) in [7, 11) is 0. The van der Waals surface area contributed by atoms with Crippen molar-refractivity contribution in [2.75, 3.05) is 5.73 Å². The molecular formula is C8H16N6O. The highest BCUT2D eigenvalue weighted by Crippen LogP contribution is 1.96. The molecule has 0 saturated heterocycles. The molecule has 3 N–H and O–H groups in total. The lowest BCUT2D eigenvalue weighted by Crippen LogP contribution is -2.32. The summed E-state index contributed by atoms with van der Waals surface area (Å²) in [6, 6.07) is 0.198. The van der Waals surface area contributed by atoms with Gasteiger partial charge in [0.25, 0.3) is 0 Å². The smallest absolute Gasteiger partial charge is 0.240 e. The van der Waals surface area contributed by atoms with Gasteiger partial charge in [0.1, 0.15) is 0 Å². The summed E-state index contributed by atoms with van der Waals surface area (Å²) in [6.45, 7) is 4.38. The van der Waals surface area contributed by atoms with Gasteiger partial charge in [-0.3, -0.25) is 4.79 Å². The second kappa shape index (κ2) is 5.28. The SMILES string of the molecule is CCC(C)NC(=O)CCn1nnnc1N. The zero-order valence-corrected chi connectivity index (χ0v) is 8.97. The molecule has 0 aromatic carbocycles. The van der Waals surface area contributed by atoms with Crippen molar-refractivity contribution in [2.24, 2.45) is 0 Å². The van der Waals surface area contributed by atoms with E-state index in [1.807, 2.05) is 13.8 Å². The molecule has 1 atom stereocenters. The number of tetrazole rings is 1. The molecule has 1 rings (SSSR count). The normalized spacial score (nSPS) is 12.4. The third kappa shape index (κ3) is 3.53. The fourth-order valence-electron chi connectivity index (χ4n) is 1.03. The van der Waals surface area contributed by atoms with Gasteiger partial charge < -0.3 is 11.1 Å². The molecule has 84 valence electrons.